The Balaban J connectivity index is 1.67. The van der Waals surface area contributed by atoms with E-state index in [1.54, 1.807) is 16.7 Å². The van der Waals surface area contributed by atoms with Gasteiger partial charge in [-0.2, -0.15) is 0 Å². The van der Waals surface area contributed by atoms with Crippen LogP contribution in [0.4, 0.5) is 4.39 Å². The minimum absolute atomic E-state index is 0.00875. The molecule has 7 heteroatoms. The molecule has 4 nitrogen and oxygen atoms in total. The second kappa shape index (κ2) is 7.14. The van der Waals surface area contributed by atoms with Crippen molar-refractivity contribution in [3.05, 3.63) is 51.9 Å². The molecule has 0 atom stereocenters. The summed E-state index contributed by atoms with van der Waals surface area (Å²) in [5.41, 5.74) is 0.751. The quantitative estimate of drug-likeness (QED) is 0.385. The lowest BCUT2D eigenvalue weighted by Crippen LogP contribution is -2.21. The zero-order valence-electron chi connectivity index (χ0n) is 12.5. The molecule has 23 heavy (non-hydrogen) atoms. The van der Waals surface area contributed by atoms with E-state index in [1.165, 1.54) is 35.2 Å². The number of rotatable bonds is 6. The maximum Gasteiger partial charge on any atom is 0.272 e. The van der Waals surface area contributed by atoms with E-state index in [0.717, 1.165) is 5.52 Å². The first-order valence-electron chi connectivity index (χ1n) is 7.18. The van der Waals surface area contributed by atoms with E-state index in [9.17, 15) is 9.18 Å². The highest BCUT2D eigenvalue weighted by atomic mass is 32.2. The molecule has 0 saturated heterocycles. The van der Waals surface area contributed by atoms with Gasteiger partial charge in [0.2, 0.25) is 0 Å². The topological polar surface area (TPSA) is 44.1 Å². The van der Waals surface area contributed by atoms with Gasteiger partial charge in [-0.1, -0.05) is 11.8 Å². The summed E-state index contributed by atoms with van der Waals surface area (Å²) < 4.78 is 20.8. The Morgan fingerprint density at radius 3 is 2.83 bits per heavy atom. The highest BCUT2D eigenvalue weighted by Gasteiger charge is 2.11. The summed E-state index contributed by atoms with van der Waals surface area (Å²) in [5, 5.41) is 2.58. The molecule has 0 saturated carbocycles. The fraction of sp³-hybridized carbons (Fsp3) is 0.250. The van der Waals surface area contributed by atoms with Crippen LogP contribution < -0.4 is 10.3 Å². The molecule has 0 bridgehead atoms. The monoisotopic (exact) mass is 350 g/mol. The van der Waals surface area contributed by atoms with Crippen LogP contribution in [0.2, 0.25) is 0 Å². The van der Waals surface area contributed by atoms with Gasteiger partial charge >= 0.3 is 0 Å². The van der Waals surface area contributed by atoms with Crippen LogP contribution in [-0.4, -0.2) is 21.9 Å². The fourth-order valence-electron chi connectivity index (χ4n) is 2.14. The van der Waals surface area contributed by atoms with Gasteiger partial charge in [-0.25, -0.2) is 9.37 Å². The largest absolute Gasteiger partial charge is 0.493 e. The van der Waals surface area contributed by atoms with Crippen LogP contribution >= 0.6 is 23.1 Å². The van der Waals surface area contributed by atoms with Crippen molar-refractivity contribution < 1.29 is 9.13 Å². The third-order valence-electron chi connectivity index (χ3n) is 3.24. The Hall–Kier alpha value is -1.86. The zero-order valence-corrected chi connectivity index (χ0v) is 14.1. The summed E-state index contributed by atoms with van der Waals surface area (Å²) in [4.78, 5) is 16.9. The Morgan fingerprint density at radius 1 is 1.30 bits per heavy atom. The Bertz CT molecular complexity index is 859. The molecular weight excluding hydrogens is 335 g/mol. The summed E-state index contributed by atoms with van der Waals surface area (Å²) in [6.07, 6.45) is 0. The van der Waals surface area contributed by atoms with Gasteiger partial charge in [0, 0.05) is 12.3 Å². The lowest BCUT2D eigenvalue weighted by atomic mass is 10.3. The minimum Gasteiger partial charge on any atom is -0.493 e. The van der Waals surface area contributed by atoms with Crippen molar-refractivity contribution in [1.29, 1.82) is 0 Å². The van der Waals surface area contributed by atoms with Gasteiger partial charge in [0.05, 0.1) is 12.1 Å². The second-order valence-electron chi connectivity index (χ2n) is 4.73. The molecule has 0 aliphatic rings. The molecule has 0 fully saturated rings. The van der Waals surface area contributed by atoms with E-state index in [0.29, 0.717) is 34.5 Å². The summed E-state index contributed by atoms with van der Waals surface area (Å²) in [5.74, 6) is 0.993. The van der Waals surface area contributed by atoms with Crippen LogP contribution in [0.3, 0.4) is 0 Å². The maximum atomic E-state index is 12.8. The number of benzene rings is 1. The highest BCUT2D eigenvalue weighted by molar-refractivity contribution is 7.99. The van der Waals surface area contributed by atoms with Gasteiger partial charge in [0.25, 0.3) is 5.56 Å². The van der Waals surface area contributed by atoms with Crippen molar-refractivity contribution in [3.63, 3.8) is 0 Å². The predicted molar refractivity (Wildman–Crippen MR) is 92.2 cm³/mol. The third kappa shape index (κ3) is 3.56. The number of hydrogen-bond acceptors (Lipinski definition) is 5. The van der Waals surface area contributed by atoms with E-state index in [-0.39, 0.29) is 11.4 Å². The van der Waals surface area contributed by atoms with Gasteiger partial charge in [0.1, 0.15) is 16.3 Å². The first-order valence-corrected chi connectivity index (χ1v) is 9.04. The Morgan fingerprint density at radius 2 is 2.09 bits per heavy atom. The number of nitrogens with zero attached hydrogens (tertiary/aromatic N) is 2. The van der Waals surface area contributed by atoms with Gasteiger partial charge < -0.3 is 4.74 Å². The van der Waals surface area contributed by atoms with Crippen molar-refractivity contribution in [3.8, 4) is 5.75 Å². The van der Waals surface area contributed by atoms with E-state index < -0.39 is 0 Å². The molecule has 0 spiro atoms. The third-order valence-corrected chi connectivity index (χ3v) is 5.08. The molecule has 1 aromatic carbocycles. The summed E-state index contributed by atoms with van der Waals surface area (Å²) >= 11 is 2.90. The van der Waals surface area contributed by atoms with Gasteiger partial charge in [0.15, 0.2) is 5.16 Å². The Labute approximate surface area is 140 Å². The molecule has 0 amide bonds. The fourth-order valence-corrected chi connectivity index (χ4v) is 3.79. The molecular formula is C16H15FN2O2S2. The maximum absolute atomic E-state index is 12.8. The number of fused-ring (bicyclic) bond motifs is 1. The smallest absolute Gasteiger partial charge is 0.272 e. The van der Waals surface area contributed by atoms with E-state index >= 15 is 0 Å². The SMILES string of the molecule is CCn1c(SCCOc2ccc(F)cc2)nc2ccsc2c1=O. The standard InChI is InChI=1S/C16H15FN2O2S2/c1-2-19-15(20)14-13(7-9-22-14)18-16(19)23-10-8-21-12-5-3-11(17)4-6-12/h3-7,9H,2,8,10H2,1H3. The summed E-state index contributed by atoms with van der Waals surface area (Å²) in [6, 6.07) is 7.78. The normalized spacial score (nSPS) is 11.0. The lowest BCUT2D eigenvalue weighted by Gasteiger charge is -2.10. The van der Waals surface area contributed by atoms with E-state index in [1.807, 2.05) is 18.4 Å². The van der Waals surface area contributed by atoms with Crippen LogP contribution in [0.25, 0.3) is 10.2 Å². The molecule has 3 aromatic rings. The number of thioether (sulfide) groups is 1. The molecule has 120 valence electrons. The van der Waals surface area contributed by atoms with Gasteiger partial charge in [-0.05, 0) is 42.6 Å². The molecule has 0 radical (unpaired) electrons. The highest BCUT2D eigenvalue weighted by Crippen LogP contribution is 2.21. The molecule has 2 aromatic heterocycles. The van der Waals surface area contributed by atoms with E-state index in [2.05, 4.69) is 4.98 Å². The van der Waals surface area contributed by atoms with Crippen LogP contribution in [0, 0.1) is 5.82 Å². The van der Waals surface area contributed by atoms with Crippen LogP contribution in [0.1, 0.15) is 6.92 Å². The number of aromatic nitrogens is 2. The number of ether oxygens (including phenoxy) is 1. The number of hydrogen-bond donors (Lipinski definition) is 0. The van der Waals surface area contributed by atoms with Crippen LogP contribution in [0.15, 0.2) is 45.7 Å². The van der Waals surface area contributed by atoms with Gasteiger partial charge in [-0.15, -0.1) is 11.3 Å². The summed E-state index contributed by atoms with van der Waals surface area (Å²) in [6.45, 7) is 2.97. The average Bonchev–Trinajstić information content (AvgIpc) is 3.02. The lowest BCUT2D eigenvalue weighted by molar-refractivity contribution is 0.343. The van der Waals surface area contributed by atoms with Gasteiger partial charge in [-0.3, -0.25) is 9.36 Å². The van der Waals surface area contributed by atoms with Crippen molar-refractivity contribution in [1.82, 2.24) is 9.55 Å². The first-order chi connectivity index (χ1) is 11.2. The molecule has 0 N–H and O–H groups in total. The van der Waals surface area contributed by atoms with Crippen molar-refractivity contribution in [2.75, 3.05) is 12.4 Å². The Kier molecular flexibility index (Phi) is 4.97. The minimum atomic E-state index is -0.285. The van der Waals surface area contributed by atoms with Crippen molar-refractivity contribution in [2.45, 2.75) is 18.6 Å². The first kappa shape index (κ1) is 16.0. The molecule has 0 unspecified atom stereocenters. The average molecular weight is 350 g/mol. The zero-order chi connectivity index (χ0) is 16.2. The molecule has 3 rings (SSSR count). The van der Waals surface area contributed by atoms with E-state index in [4.69, 9.17) is 4.74 Å². The number of thiophene rings is 1. The number of halogens is 1. The van der Waals surface area contributed by atoms with Crippen LogP contribution in [0.5, 0.6) is 5.75 Å². The molecule has 0 aliphatic carbocycles. The van der Waals surface area contributed by atoms with Crippen molar-refractivity contribution >= 4 is 33.3 Å². The van der Waals surface area contributed by atoms with Crippen LogP contribution in [-0.2, 0) is 6.54 Å². The molecule has 0 aliphatic heterocycles. The molecule has 2 heterocycles. The van der Waals surface area contributed by atoms with Crippen molar-refractivity contribution in [2.24, 2.45) is 0 Å². The second-order valence-corrected chi connectivity index (χ2v) is 6.71. The summed E-state index contributed by atoms with van der Waals surface area (Å²) in [7, 11) is 0. The predicted octanol–water partition coefficient (Wildman–Crippen LogP) is 3.79.